The van der Waals surface area contributed by atoms with Gasteiger partial charge in [0.25, 0.3) is 6.43 Å². The molecular formula is C36H32F2N6O7. The van der Waals surface area contributed by atoms with Crippen molar-refractivity contribution in [1.29, 1.82) is 0 Å². The van der Waals surface area contributed by atoms with Crippen molar-refractivity contribution < 1.29 is 42.0 Å². The number of morpholine rings is 1. The number of pyridine rings is 2. The van der Waals surface area contributed by atoms with Crippen molar-refractivity contribution in [3.8, 4) is 23.5 Å². The fraction of sp³-hybridized carbons (Fsp3) is 0.361. The number of para-hydroxylation sites is 1. The van der Waals surface area contributed by atoms with Gasteiger partial charge >= 0.3 is 5.97 Å². The van der Waals surface area contributed by atoms with Crippen LogP contribution in [0, 0.1) is 11.8 Å². The molecule has 8 rings (SSSR count). The summed E-state index contributed by atoms with van der Waals surface area (Å²) < 4.78 is 57.8. The maximum atomic E-state index is 14.1. The highest BCUT2D eigenvalue weighted by atomic mass is 19.3. The van der Waals surface area contributed by atoms with E-state index < -0.39 is 36.0 Å². The molecule has 3 aliphatic rings. The Morgan fingerprint density at radius 1 is 1.14 bits per heavy atom. The normalized spacial score (nSPS) is 21.2. The molecule has 0 amide bonds. The zero-order chi connectivity index (χ0) is 35.3. The number of anilines is 2. The van der Waals surface area contributed by atoms with Gasteiger partial charge in [-0.3, -0.25) is 4.98 Å². The second-order valence-corrected chi connectivity index (χ2v) is 12.6. The van der Waals surface area contributed by atoms with Gasteiger partial charge in [-0.25, -0.2) is 28.5 Å². The van der Waals surface area contributed by atoms with E-state index in [-0.39, 0.29) is 41.8 Å². The van der Waals surface area contributed by atoms with Crippen molar-refractivity contribution in [3.05, 3.63) is 71.9 Å². The molecule has 0 aliphatic carbocycles. The van der Waals surface area contributed by atoms with E-state index in [9.17, 15) is 18.7 Å². The summed E-state index contributed by atoms with van der Waals surface area (Å²) in [6.07, 6.45) is 1.14. The zero-order valence-electron chi connectivity index (χ0n) is 27.6. The summed E-state index contributed by atoms with van der Waals surface area (Å²) in [4.78, 5) is 33.3. The van der Waals surface area contributed by atoms with Crippen LogP contribution < -0.4 is 19.3 Å². The minimum atomic E-state index is -2.99. The number of ether oxygens (including phenoxy) is 4. The van der Waals surface area contributed by atoms with E-state index >= 15 is 0 Å². The topological polar surface area (TPSA) is 145 Å². The van der Waals surface area contributed by atoms with Crippen LogP contribution in [0.15, 0.2) is 59.4 Å². The number of hydrogen-bond acceptors (Lipinski definition) is 12. The monoisotopic (exact) mass is 698 g/mol. The predicted octanol–water partition coefficient (Wildman–Crippen LogP) is 4.62. The zero-order valence-corrected chi connectivity index (χ0v) is 27.6. The van der Waals surface area contributed by atoms with Gasteiger partial charge in [0.2, 0.25) is 5.88 Å². The van der Waals surface area contributed by atoms with Crippen LogP contribution in [0.25, 0.3) is 22.1 Å². The van der Waals surface area contributed by atoms with E-state index in [2.05, 4.69) is 43.6 Å². The summed E-state index contributed by atoms with van der Waals surface area (Å²) in [5, 5.41) is 10.9. The van der Waals surface area contributed by atoms with Gasteiger partial charge in [0.15, 0.2) is 17.2 Å². The molecule has 3 saturated heterocycles. The van der Waals surface area contributed by atoms with Gasteiger partial charge in [-0.2, -0.15) is 0 Å². The molecule has 15 heteroatoms. The van der Waals surface area contributed by atoms with Crippen LogP contribution in [0.1, 0.15) is 36.7 Å². The lowest BCUT2D eigenvalue weighted by molar-refractivity contribution is -0.228. The fourth-order valence-corrected chi connectivity index (χ4v) is 6.90. The number of fused-ring (bicyclic) bond motifs is 3. The van der Waals surface area contributed by atoms with Crippen LogP contribution in [0.2, 0.25) is 0 Å². The van der Waals surface area contributed by atoms with E-state index in [1.165, 1.54) is 4.90 Å². The molecule has 0 radical (unpaired) electrons. The third-order valence-corrected chi connectivity index (χ3v) is 9.64. The standard InChI is InChI=1S/C36H32F2N6O7/c1-20-36(18-48-19-36)49-12-11-43(20)25-13-21(7-8-22-16-39-10-9-27(22)47-2)15-40-34(25)50-23-14-26(35(45)46)44(17-23)33-30-29(41-32(42-33)31(37)38)24-5-3-4-6-28(24)51-30/h3-6,9-10,13,15-16,20,23,26,31H,11-12,14,17-19H2,1-2H3,(H,45,46)/t20-,23-,26-/m0/s1. The number of aliphatic carboxylic acids is 1. The van der Waals surface area contributed by atoms with Crippen LogP contribution >= 0.6 is 0 Å². The maximum Gasteiger partial charge on any atom is 0.326 e. The van der Waals surface area contributed by atoms with E-state index in [0.29, 0.717) is 59.9 Å². The van der Waals surface area contributed by atoms with Crippen LogP contribution in [-0.2, 0) is 14.3 Å². The highest BCUT2D eigenvalue weighted by molar-refractivity contribution is 6.06. The first-order valence-corrected chi connectivity index (χ1v) is 16.4. The van der Waals surface area contributed by atoms with Crippen LogP contribution in [0.3, 0.4) is 0 Å². The molecule has 3 fully saturated rings. The molecule has 0 unspecified atom stereocenters. The Hall–Kier alpha value is -5.59. The Morgan fingerprint density at radius 3 is 2.75 bits per heavy atom. The second-order valence-electron chi connectivity index (χ2n) is 12.6. The Labute approximate surface area is 290 Å². The largest absolute Gasteiger partial charge is 0.495 e. The van der Waals surface area contributed by atoms with Crippen LogP contribution in [-0.4, -0.2) is 94.8 Å². The van der Waals surface area contributed by atoms with Gasteiger partial charge in [-0.15, -0.1) is 0 Å². The number of alkyl halides is 2. The van der Waals surface area contributed by atoms with E-state index in [4.69, 9.17) is 23.4 Å². The van der Waals surface area contributed by atoms with Crippen molar-refractivity contribution in [2.24, 2.45) is 0 Å². The first-order chi connectivity index (χ1) is 24.7. The number of hydrogen-bond donors (Lipinski definition) is 1. The average Bonchev–Trinajstić information content (AvgIpc) is 3.72. The summed E-state index contributed by atoms with van der Waals surface area (Å²) >= 11 is 0. The number of benzene rings is 1. The van der Waals surface area contributed by atoms with E-state index in [0.717, 1.165) is 0 Å². The van der Waals surface area contributed by atoms with Crippen molar-refractivity contribution >= 4 is 39.5 Å². The number of methoxy groups -OCH3 is 1. The fourth-order valence-electron chi connectivity index (χ4n) is 6.90. The molecule has 0 saturated carbocycles. The second kappa shape index (κ2) is 12.9. The Kier molecular flexibility index (Phi) is 8.27. The van der Waals surface area contributed by atoms with Gasteiger partial charge in [0, 0.05) is 42.5 Å². The summed E-state index contributed by atoms with van der Waals surface area (Å²) in [5.74, 6) is 5.18. The van der Waals surface area contributed by atoms with Crippen molar-refractivity contribution in [2.45, 2.75) is 43.6 Å². The molecule has 262 valence electrons. The minimum Gasteiger partial charge on any atom is -0.495 e. The van der Waals surface area contributed by atoms with Gasteiger partial charge in [0.05, 0.1) is 45.1 Å². The third kappa shape index (κ3) is 5.79. The molecule has 51 heavy (non-hydrogen) atoms. The third-order valence-electron chi connectivity index (χ3n) is 9.64. The van der Waals surface area contributed by atoms with Crippen LogP contribution in [0.4, 0.5) is 20.3 Å². The highest BCUT2D eigenvalue weighted by Gasteiger charge is 2.50. The number of halogens is 2. The number of carboxylic acids is 1. The Bertz CT molecular complexity index is 2200. The number of furan rings is 1. The average molecular weight is 699 g/mol. The highest BCUT2D eigenvalue weighted by Crippen LogP contribution is 2.41. The summed E-state index contributed by atoms with van der Waals surface area (Å²) in [5.41, 5.74) is 2.08. The number of carbonyl (C=O) groups is 1. The predicted molar refractivity (Wildman–Crippen MR) is 179 cm³/mol. The molecule has 7 heterocycles. The number of rotatable bonds is 7. The number of nitrogens with zero attached hydrogens (tertiary/aromatic N) is 6. The molecule has 1 aromatic carbocycles. The van der Waals surface area contributed by atoms with Gasteiger partial charge < -0.3 is 38.3 Å². The molecule has 3 aliphatic heterocycles. The van der Waals surface area contributed by atoms with Gasteiger partial charge in [-0.05, 0) is 31.2 Å². The minimum absolute atomic E-state index is 0.00270. The molecule has 1 spiro atoms. The quantitative estimate of drug-likeness (QED) is 0.236. The first kappa shape index (κ1) is 32.6. The lowest BCUT2D eigenvalue weighted by atomic mass is 9.90. The van der Waals surface area contributed by atoms with E-state index in [1.54, 1.807) is 56.0 Å². The lowest BCUT2D eigenvalue weighted by Crippen LogP contribution is -2.68. The number of carboxylic acid groups (broad SMARTS) is 1. The maximum absolute atomic E-state index is 14.1. The lowest BCUT2D eigenvalue weighted by Gasteiger charge is -2.53. The number of aromatic nitrogens is 4. The van der Waals surface area contributed by atoms with Gasteiger partial charge in [0.1, 0.15) is 40.3 Å². The molecule has 1 N–H and O–H groups in total. The molecule has 3 atom stereocenters. The summed E-state index contributed by atoms with van der Waals surface area (Å²) in [6.45, 7) is 3.93. The SMILES string of the molecule is COc1ccncc1C#Cc1cnc(O[C@H]2C[C@@H](C(=O)O)N(c3nc(C(F)F)nc4c3oc3ccccc34)C2)c(N2CCOC3(COC3)[C@@H]2C)c1. The van der Waals surface area contributed by atoms with E-state index in [1.807, 2.05) is 6.07 Å². The molecular weight excluding hydrogens is 666 g/mol. The molecule has 5 aromatic rings. The Balaban J connectivity index is 1.16. The van der Waals surface area contributed by atoms with Crippen molar-refractivity contribution in [1.82, 2.24) is 19.9 Å². The molecule has 4 aromatic heterocycles. The molecule has 13 nitrogen and oxygen atoms in total. The van der Waals surface area contributed by atoms with Crippen molar-refractivity contribution in [2.75, 3.05) is 49.8 Å². The van der Waals surface area contributed by atoms with Gasteiger partial charge in [-0.1, -0.05) is 24.0 Å². The molecule has 0 bridgehead atoms. The smallest absolute Gasteiger partial charge is 0.326 e. The van der Waals surface area contributed by atoms with Crippen molar-refractivity contribution in [3.63, 3.8) is 0 Å². The first-order valence-electron chi connectivity index (χ1n) is 16.4. The Morgan fingerprint density at radius 2 is 1.98 bits per heavy atom. The summed E-state index contributed by atoms with van der Waals surface area (Å²) in [6, 6.07) is 9.22. The summed E-state index contributed by atoms with van der Waals surface area (Å²) in [7, 11) is 1.56. The van der Waals surface area contributed by atoms with Crippen LogP contribution in [0.5, 0.6) is 11.6 Å².